The zero-order chi connectivity index (χ0) is 15.4. The van der Waals surface area contributed by atoms with Crippen LogP contribution in [0, 0.1) is 5.92 Å². The second-order valence-electron chi connectivity index (χ2n) is 4.53. The van der Waals surface area contributed by atoms with Crippen LogP contribution >= 0.6 is 11.8 Å². The van der Waals surface area contributed by atoms with Gasteiger partial charge in [0.15, 0.2) is 11.7 Å². The quantitative estimate of drug-likeness (QED) is 0.401. The van der Waals surface area contributed by atoms with E-state index in [1.165, 1.54) is 0 Å². The van der Waals surface area contributed by atoms with Gasteiger partial charge in [-0.15, -0.1) is 11.8 Å². The summed E-state index contributed by atoms with van der Waals surface area (Å²) in [5.41, 5.74) is 1.63. The molecule has 1 heterocycles. The molecule has 110 valence electrons. The zero-order valence-corrected chi connectivity index (χ0v) is 12.8. The van der Waals surface area contributed by atoms with E-state index in [4.69, 9.17) is 4.74 Å². The Balaban J connectivity index is 2.21. The zero-order valence-electron chi connectivity index (χ0n) is 12.0. The molecule has 0 saturated carbocycles. The molecule has 4 nitrogen and oxygen atoms in total. The number of thioether (sulfide) groups is 1. The van der Waals surface area contributed by atoms with Crippen molar-refractivity contribution in [3.63, 3.8) is 0 Å². The van der Waals surface area contributed by atoms with Crippen LogP contribution in [0.3, 0.4) is 0 Å². The van der Waals surface area contributed by atoms with Gasteiger partial charge in [-0.25, -0.2) is 0 Å². The molecular weight excluding hydrogens is 286 g/mol. The first kappa shape index (κ1) is 15.4. The third-order valence-electron chi connectivity index (χ3n) is 3.12. The average molecular weight is 303 g/mol. The maximum atomic E-state index is 12.3. The minimum Gasteiger partial charge on any atom is -0.465 e. The number of carbonyl (C=O) groups is 2. The Bertz CT molecular complexity index is 604. The average Bonchev–Trinajstić information content (AvgIpc) is 2.74. The van der Waals surface area contributed by atoms with Gasteiger partial charge in [0.2, 0.25) is 0 Å². The highest BCUT2D eigenvalue weighted by atomic mass is 32.2. The van der Waals surface area contributed by atoms with Crippen LogP contribution in [-0.4, -0.2) is 24.6 Å². The number of nitrogens with one attached hydrogen (secondary N) is 1. The summed E-state index contributed by atoms with van der Waals surface area (Å²) in [6, 6.07) is 7.81. The third-order valence-corrected chi connectivity index (χ3v) is 3.86. The molecule has 1 aliphatic heterocycles. The number of hydrogen-bond donors (Lipinski definition) is 1. The number of hydrogen-bond acceptors (Lipinski definition) is 5. The Labute approximate surface area is 128 Å². The minimum atomic E-state index is -0.943. The van der Waals surface area contributed by atoms with Gasteiger partial charge < -0.3 is 10.1 Å². The van der Waals surface area contributed by atoms with Gasteiger partial charge in [0.25, 0.3) is 0 Å². The first-order valence-electron chi connectivity index (χ1n) is 6.59. The topological polar surface area (TPSA) is 55.4 Å². The molecule has 1 aliphatic rings. The molecule has 1 aromatic carbocycles. The minimum absolute atomic E-state index is 0.241. The Kier molecular flexibility index (Phi) is 4.85. The molecule has 0 radical (unpaired) electrons. The van der Waals surface area contributed by atoms with Crippen LogP contribution in [0.25, 0.3) is 6.08 Å². The van der Waals surface area contributed by atoms with E-state index in [-0.39, 0.29) is 12.4 Å². The van der Waals surface area contributed by atoms with Crippen LogP contribution in [0.15, 0.2) is 47.1 Å². The number of ether oxygens (including phenoxy) is 1. The largest absolute Gasteiger partial charge is 0.465 e. The van der Waals surface area contributed by atoms with Gasteiger partial charge in [0, 0.05) is 10.6 Å². The lowest BCUT2D eigenvalue weighted by atomic mass is 10.0. The lowest BCUT2D eigenvalue weighted by Crippen LogP contribution is -2.23. The molecule has 0 amide bonds. The van der Waals surface area contributed by atoms with Crippen molar-refractivity contribution < 1.29 is 14.3 Å². The highest BCUT2D eigenvalue weighted by Gasteiger charge is 2.39. The van der Waals surface area contributed by atoms with Crippen LogP contribution in [0.1, 0.15) is 12.5 Å². The van der Waals surface area contributed by atoms with Crippen LogP contribution < -0.4 is 5.32 Å². The van der Waals surface area contributed by atoms with Crippen molar-refractivity contribution in [2.24, 2.45) is 5.92 Å². The molecule has 1 unspecified atom stereocenters. The molecule has 0 bridgehead atoms. The number of rotatable bonds is 4. The molecule has 21 heavy (non-hydrogen) atoms. The predicted octanol–water partition coefficient (Wildman–Crippen LogP) is 2.61. The van der Waals surface area contributed by atoms with Gasteiger partial charge in [-0.3, -0.25) is 9.59 Å². The number of esters is 1. The maximum Gasteiger partial charge on any atom is 0.322 e. The van der Waals surface area contributed by atoms with Gasteiger partial charge in [-0.05, 0) is 37.0 Å². The van der Waals surface area contributed by atoms with Crippen molar-refractivity contribution >= 4 is 29.6 Å². The first-order valence-corrected chi connectivity index (χ1v) is 7.81. The Morgan fingerprint density at radius 2 is 2.10 bits per heavy atom. The summed E-state index contributed by atoms with van der Waals surface area (Å²) in [5.74, 6) is -1.80. The van der Waals surface area contributed by atoms with Gasteiger partial charge in [-0.2, -0.15) is 0 Å². The standard InChI is InChI=1S/C16H17NO3S/c1-4-20-16(19)14-10(2)17-13(15(14)18)9-11-5-7-12(21-3)8-6-11/h5-9,14,17H,2,4H2,1,3H3. The van der Waals surface area contributed by atoms with E-state index in [9.17, 15) is 9.59 Å². The molecule has 1 fully saturated rings. The molecule has 1 aromatic rings. The molecule has 1 atom stereocenters. The monoisotopic (exact) mass is 303 g/mol. The lowest BCUT2D eigenvalue weighted by Gasteiger charge is -2.06. The Morgan fingerprint density at radius 3 is 2.67 bits per heavy atom. The summed E-state index contributed by atoms with van der Waals surface area (Å²) < 4.78 is 4.90. The molecule has 0 aromatic heterocycles. The number of carbonyl (C=O) groups excluding carboxylic acids is 2. The van der Waals surface area contributed by atoms with E-state index in [1.807, 2.05) is 30.5 Å². The smallest absolute Gasteiger partial charge is 0.322 e. The van der Waals surface area contributed by atoms with Crippen molar-refractivity contribution in [2.75, 3.05) is 12.9 Å². The molecular formula is C16H17NO3S. The molecule has 1 N–H and O–H groups in total. The molecule has 5 heteroatoms. The van der Waals surface area contributed by atoms with Crippen molar-refractivity contribution in [3.8, 4) is 0 Å². The summed E-state index contributed by atoms with van der Waals surface area (Å²) in [6.07, 6.45) is 3.72. The van der Waals surface area contributed by atoms with Crippen molar-refractivity contribution in [1.29, 1.82) is 0 Å². The number of ketones is 1. The van der Waals surface area contributed by atoms with Crippen molar-refractivity contribution in [1.82, 2.24) is 5.32 Å². The summed E-state index contributed by atoms with van der Waals surface area (Å²) in [6.45, 7) is 5.68. The summed E-state index contributed by atoms with van der Waals surface area (Å²) in [4.78, 5) is 25.2. The fourth-order valence-corrected chi connectivity index (χ4v) is 2.48. The van der Waals surface area contributed by atoms with Crippen LogP contribution in [-0.2, 0) is 14.3 Å². The highest BCUT2D eigenvalue weighted by Crippen LogP contribution is 2.25. The van der Waals surface area contributed by atoms with Crippen molar-refractivity contribution in [2.45, 2.75) is 11.8 Å². The van der Waals surface area contributed by atoms with Gasteiger partial charge in [0.1, 0.15) is 0 Å². The lowest BCUT2D eigenvalue weighted by molar-refractivity contribution is -0.148. The second-order valence-corrected chi connectivity index (χ2v) is 5.41. The Morgan fingerprint density at radius 1 is 1.43 bits per heavy atom. The Hall–Kier alpha value is -2.01. The van der Waals surface area contributed by atoms with E-state index in [0.717, 1.165) is 10.5 Å². The molecule has 2 rings (SSSR count). The highest BCUT2D eigenvalue weighted by molar-refractivity contribution is 7.98. The molecule has 1 saturated heterocycles. The van der Waals surface area contributed by atoms with E-state index in [1.54, 1.807) is 24.8 Å². The van der Waals surface area contributed by atoms with E-state index in [0.29, 0.717) is 11.4 Å². The van der Waals surface area contributed by atoms with E-state index in [2.05, 4.69) is 11.9 Å². The van der Waals surface area contributed by atoms with Crippen LogP contribution in [0.2, 0.25) is 0 Å². The predicted molar refractivity (Wildman–Crippen MR) is 83.6 cm³/mol. The second kappa shape index (κ2) is 6.63. The summed E-state index contributed by atoms with van der Waals surface area (Å²) in [7, 11) is 0. The van der Waals surface area contributed by atoms with Gasteiger partial charge >= 0.3 is 5.97 Å². The fraction of sp³-hybridized carbons (Fsp3) is 0.250. The fourth-order valence-electron chi connectivity index (χ4n) is 2.07. The molecule has 0 spiro atoms. The summed E-state index contributed by atoms with van der Waals surface area (Å²) in [5, 5.41) is 2.88. The van der Waals surface area contributed by atoms with Gasteiger partial charge in [-0.1, -0.05) is 18.7 Å². The van der Waals surface area contributed by atoms with Crippen LogP contribution in [0.5, 0.6) is 0 Å². The molecule has 0 aliphatic carbocycles. The normalized spacial score (nSPS) is 19.7. The van der Waals surface area contributed by atoms with Crippen LogP contribution in [0.4, 0.5) is 0 Å². The number of Topliss-reactive ketones (excluding diaryl/α,β-unsaturated/α-hetero) is 1. The number of allylic oxidation sites excluding steroid dienone is 1. The van der Waals surface area contributed by atoms with Gasteiger partial charge in [0.05, 0.1) is 12.3 Å². The van der Waals surface area contributed by atoms with E-state index < -0.39 is 11.9 Å². The van der Waals surface area contributed by atoms with Crippen molar-refractivity contribution in [3.05, 3.63) is 47.8 Å². The first-order chi connectivity index (χ1) is 10.1. The number of benzene rings is 1. The SMILES string of the molecule is C=C1NC(=Cc2ccc(SC)cc2)C(=O)C1C(=O)OCC. The maximum absolute atomic E-state index is 12.3. The third kappa shape index (κ3) is 3.36. The summed E-state index contributed by atoms with van der Waals surface area (Å²) >= 11 is 1.65. The van der Waals surface area contributed by atoms with E-state index >= 15 is 0 Å².